The van der Waals surface area contributed by atoms with E-state index in [1.54, 1.807) is 18.3 Å². The molecule has 2 aromatic rings. The number of carbonyl (C=O) groups excluding carboxylic acids is 1. The molecule has 0 spiro atoms. The van der Waals surface area contributed by atoms with Gasteiger partial charge in [0.1, 0.15) is 0 Å². The number of halogens is 1. The average molecular weight is 297 g/mol. The van der Waals surface area contributed by atoms with Crippen molar-refractivity contribution in [2.75, 3.05) is 13.1 Å². The van der Waals surface area contributed by atoms with Gasteiger partial charge in [0.15, 0.2) is 5.69 Å². The highest BCUT2D eigenvalue weighted by Gasteiger charge is 2.20. The molecule has 2 aromatic heterocycles. The van der Waals surface area contributed by atoms with E-state index in [0.717, 1.165) is 25.9 Å². The van der Waals surface area contributed by atoms with E-state index in [9.17, 15) is 4.79 Å². The predicted molar refractivity (Wildman–Crippen MR) is 73.9 cm³/mol. The Morgan fingerprint density at radius 3 is 2.89 bits per heavy atom. The van der Waals surface area contributed by atoms with E-state index in [4.69, 9.17) is 11.6 Å². The Kier molecular flexibility index (Phi) is 3.63. The van der Waals surface area contributed by atoms with Gasteiger partial charge >= 0.3 is 0 Å². The van der Waals surface area contributed by atoms with Gasteiger partial charge in [0, 0.05) is 0 Å². The van der Waals surface area contributed by atoms with E-state index >= 15 is 0 Å². The van der Waals surface area contributed by atoms with Crippen LogP contribution in [0.3, 0.4) is 0 Å². The SMILES string of the molecule is O=C(c1cn(C2CCNCC2)nn1)c1ccc(Cl)s1. The summed E-state index contributed by atoms with van der Waals surface area (Å²) in [7, 11) is 0. The van der Waals surface area contributed by atoms with Crippen molar-refractivity contribution in [1.82, 2.24) is 20.3 Å². The molecular weight excluding hydrogens is 284 g/mol. The third-order valence-electron chi connectivity index (χ3n) is 3.22. The van der Waals surface area contributed by atoms with Crippen molar-refractivity contribution in [2.45, 2.75) is 18.9 Å². The Morgan fingerprint density at radius 2 is 2.21 bits per heavy atom. The first kappa shape index (κ1) is 12.8. The largest absolute Gasteiger partial charge is 0.317 e. The smallest absolute Gasteiger partial charge is 0.224 e. The van der Waals surface area contributed by atoms with Crippen LogP contribution in [-0.2, 0) is 0 Å². The van der Waals surface area contributed by atoms with Gasteiger partial charge in [-0.1, -0.05) is 16.8 Å². The van der Waals surface area contributed by atoms with Crippen molar-refractivity contribution >= 4 is 28.7 Å². The van der Waals surface area contributed by atoms with Gasteiger partial charge in [-0.15, -0.1) is 16.4 Å². The van der Waals surface area contributed by atoms with E-state index in [1.807, 2.05) is 4.68 Å². The number of rotatable bonds is 3. The van der Waals surface area contributed by atoms with Crippen LogP contribution in [0.25, 0.3) is 0 Å². The number of hydrogen-bond donors (Lipinski definition) is 1. The first-order valence-corrected chi connectivity index (χ1v) is 7.36. The lowest BCUT2D eigenvalue weighted by atomic mass is 10.1. The van der Waals surface area contributed by atoms with Gasteiger partial charge in [-0.2, -0.15) is 0 Å². The molecule has 0 amide bonds. The van der Waals surface area contributed by atoms with Gasteiger partial charge in [0.2, 0.25) is 5.78 Å². The highest BCUT2D eigenvalue weighted by atomic mass is 35.5. The first-order valence-electron chi connectivity index (χ1n) is 6.16. The lowest BCUT2D eigenvalue weighted by Gasteiger charge is -2.21. The molecule has 1 aliphatic heterocycles. The third-order valence-corrected chi connectivity index (χ3v) is 4.45. The van der Waals surface area contributed by atoms with E-state index in [-0.39, 0.29) is 5.78 Å². The number of aromatic nitrogens is 3. The van der Waals surface area contributed by atoms with Crippen molar-refractivity contribution in [2.24, 2.45) is 0 Å². The highest BCUT2D eigenvalue weighted by Crippen LogP contribution is 2.24. The number of ketones is 1. The third kappa shape index (κ3) is 2.70. The summed E-state index contributed by atoms with van der Waals surface area (Å²) in [6.07, 6.45) is 3.77. The zero-order valence-corrected chi connectivity index (χ0v) is 11.7. The molecule has 3 heterocycles. The second-order valence-electron chi connectivity index (χ2n) is 4.50. The zero-order chi connectivity index (χ0) is 13.2. The molecule has 0 aromatic carbocycles. The fourth-order valence-corrected chi connectivity index (χ4v) is 3.18. The van der Waals surface area contributed by atoms with Crippen molar-refractivity contribution in [3.05, 3.63) is 33.2 Å². The second kappa shape index (κ2) is 5.40. The number of hydrogen-bond acceptors (Lipinski definition) is 5. The van der Waals surface area contributed by atoms with Gasteiger partial charge in [-0.05, 0) is 38.1 Å². The number of piperidine rings is 1. The van der Waals surface area contributed by atoms with Crippen molar-refractivity contribution in [3.63, 3.8) is 0 Å². The van der Waals surface area contributed by atoms with Crippen LogP contribution in [0.5, 0.6) is 0 Å². The molecule has 1 aliphatic rings. The van der Waals surface area contributed by atoms with E-state index in [1.165, 1.54) is 11.3 Å². The molecule has 0 radical (unpaired) electrons. The van der Waals surface area contributed by atoms with Crippen LogP contribution in [0.2, 0.25) is 4.34 Å². The molecule has 19 heavy (non-hydrogen) atoms. The molecule has 0 bridgehead atoms. The molecule has 0 atom stereocenters. The van der Waals surface area contributed by atoms with Crippen LogP contribution in [-0.4, -0.2) is 33.9 Å². The standard InChI is InChI=1S/C12H13ClN4OS/c13-11-2-1-10(19-11)12(18)9-7-17(16-15-9)8-3-5-14-6-4-8/h1-2,7-8,14H,3-6H2. The van der Waals surface area contributed by atoms with Crippen LogP contribution >= 0.6 is 22.9 Å². The fraction of sp³-hybridized carbons (Fsp3) is 0.417. The number of thiophene rings is 1. The van der Waals surface area contributed by atoms with Gasteiger partial charge < -0.3 is 5.32 Å². The van der Waals surface area contributed by atoms with Crippen molar-refractivity contribution < 1.29 is 4.79 Å². The molecule has 1 fully saturated rings. The maximum absolute atomic E-state index is 12.2. The molecule has 100 valence electrons. The van der Waals surface area contributed by atoms with Gasteiger partial charge in [-0.25, -0.2) is 4.68 Å². The summed E-state index contributed by atoms with van der Waals surface area (Å²) >= 11 is 7.10. The molecule has 0 unspecified atom stereocenters. The molecule has 3 rings (SSSR count). The average Bonchev–Trinajstić information content (AvgIpc) is 3.08. The Bertz CT molecular complexity index is 588. The van der Waals surface area contributed by atoms with Gasteiger partial charge in [0.25, 0.3) is 0 Å². The maximum atomic E-state index is 12.2. The maximum Gasteiger partial charge on any atom is 0.224 e. The number of nitrogens with zero attached hydrogens (tertiary/aromatic N) is 3. The molecular formula is C12H13ClN4OS. The number of carbonyl (C=O) groups is 1. The topological polar surface area (TPSA) is 59.8 Å². The highest BCUT2D eigenvalue weighted by molar-refractivity contribution is 7.18. The van der Waals surface area contributed by atoms with Crippen LogP contribution < -0.4 is 5.32 Å². The van der Waals surface area contributed by atoms with Crippen LogP contribution in [0.15, 0.2) is 18.3 Å². The quantitative estimate of drug-likeness (QED) is 0.882. The Hall–Kier alpha value is -1.24. The lowest BCUT2D eigenvalue weighted by Crippen LogP contribution is -2.29. The molecule has 0 saturated carbocycles. The monoisotopic (exact) mass is 296 g/mol. The fourth-order valence-electron chi connectivity index (χ4n) is 2.19. The van der Waals surface area contributed by atoms with Crippen LogP contribution in [0, 0.1) is 0 Å². The summed E-state index contributed by atoms with van der Waals surface area (Å²) in [6.45, 7) is 1.96. The van der Waals surface area contributed by atoms with Gasteiger partial charge in [0.05, 0.1) is 21.5 Å². The summed E-state index contributed by atoms with van der Waals surface area (Å²) in [4.78, 5) is 12.8. The van der Waals surface area contributed by atoms with Crippen molar-refractivity contribution in [3.8, 4) is 0 Å². The van der Waals surface area contributed by atoms with Crippen LogP contribution in [0.1, 0.15) is 34.2 Å². The lowest BCUT2D eigenvalue weighted by molar-refractivity contribution is 0.103. The number of nitrogens with one attached hydrogen (secondary N) is 1. The summed E-state index contributed by atoms with van der Waals surface area (Å²) < 4.78 is 2.41. The molecule has 7 heteroatoms. The molecule has 0 aliphatic carbocycles. The summed E-state index contributed by atoms with van der Waals surface area (Å²) in [5.41, 5.74) is 0.386. The molecule has 1 N–H and O–H groups in total. The normalized spacial score (nSPS) is 16.7. The minimum atomic E-state index is -0.114. The molecule has 1 saturated heterocycles. The summed E-state index contributed by atoms with van der Waals surface area (Å²) in [5.74, 6) is -0.114. The predicted octanol–water partition coefficient (Wildman–Crippen LogP) is 2.15. The Labute approximate surface area is 119 Å². The Morgan fingerprint density at radius 1 is 1.42 bits per heavy atom. The van der Waals surface area contributed by atoms with E-state index < -0.39 is 0 Å². The first-order chi connectivity index (χ1) is 9.24. The zero-order valence-electron chi connectivity index (χ0n) is 10.2. The molecule has 5 nitrogen and oxygen atoms in total. The summed E-state index contributed by atoms with van der Waals surface area (Å²) in [6, 6.07) is 3.78. The second-order valence-corrected chi connectivity index (χ2v) is 6.21. The Balaban J connectivity index is 1.78. The van der Waals surface area contributed by atoms with E-state index in [0.29, 0.717) is 20.9 Å². The van der Waals surface area contributed by atoms with Crippen molar-refractivity contribution in [1.29, 1.82) is 0 Å². The van der Waals surface area contributed by atoms with Gasteiger partial charge in [-0.3, -0.25) is 4.79 Å². The summed E-state index contributed by atoms with van der Waals surface area (Å²) in [5, 5.41) is 11.4. The minimum Gasteiger partial charge on any atom is -0.317 e. The van der Waals surface area contributed by atoms with Crippen LogP contribution in [0.4, 0.5) is 0 Å². The van der Waals surface area contributed by atoms with E-state index in [2.05, 4.69) is 15.6 Å². The minimum absolute atomic E-state index is 0.114.